The van der Waals surface area contributed by atoms with Crippen LogP contribution in [0.3, 0.4) is 0 Å². The van der Waals surface area contributed by atoms with Gasteiger partial charge in [0, 0.05) is 13.0 Å². The number of benzene rings is 1. The summed E-state index contributed by atoms with van der Waals surface area (Å²) in [6.07, 6.45) is 0.874. The zero-order chi connectivity index (χ0) is 13.2. The van der Waals surface area contributed by atoms with Crippen molar-refractivity contribution in [3.05, 3.63) is 29.8 Å². The van der Waals surface area contributed by atoms with E-state index in [1.54, 1.807) is 0 Å². The second-order valence-corrected chi connectivity index (χ2v) is 5.35. The molecule has 1 heterocycles. The maximum Gasteiger partial charge on any atom is 0.227 e. The maximum atomic E-state index is 11.9. The Balaban J connectivity index is 1.86. The Kier molecular flexibility index (Phi) is 3.57. The molecule has 0 radical (unpaired) electrons. The molecule has 1 aromatic rings. The van der Waals surface area contributed by atoms with Gasteiger partial charge in [-0.15, -0.1) is 0 Å². The Labute approximate surface area is 108 Å². The van der Waals surface area contributed by atoms with Crippen molar-refractivity contribution in [1.82, 2.24) is 5.32 Å². The normalized spacial score (nSPS) is 18.1. The van der Waals surface area contributed by atoms with Crippen LogP contribution in [0.1, 0.15) is 19.4 Å². The molecule has 1 amide bonds. The Bertz CT molecular complexity index is 418. The van der Waals surface area contributed by atoms with Gasteiger partial charge in [-0.3, -0.25) is 4.79 Å². The van der Waals surface area contributed by atoms with E-state index in [-0.39, 0.29) is 12.0 Å². The van der Waals surface area contributed by atoms with Crippen molar-refractivity contribution in [1.29, 1.82) is 0 Å². The molecule has 1 aromatic carbocycles. The molecule has 2 rings (SSSR count). The monoisotopic (exact) mass is 248 g/mol. The average molecular weight is 248 g/mol. The van der Waals surface area contributed by atoms with Crippen LogP contribution in [0, 0.1) is 5.41 Å². The third-order valence-electron chi connectivity index (χ3n) is 3.33. The first kappa shape index (κ1) is 12.9. The van der Waals surface area contributed by atoms with E-state index in [1.807, 2.05) is 32.0 Å². The molecule has 1 aliphatic heterocycles. The zero-order valence-electron chi connectivity index (χ0n) is 10.9. The maximum absolute atomic E-state index is 11.9. The van der Waals surface area contributed by atoms with E-state index in [2.05, 4.69) is 11.4 Å². The van der Waals surface area contributed by atoms with Gasteiger partial charge in [0.05, 0.1) is 12.0 Å². The van der Waals surface area contributed by atoms with Crippen LogP contribution in [0.15, 0.2) is 24.3 Å². The van der Waals surface area contributed by atoms with Gasteiger partial charge >= 0.3 is 0 Å². The van der Waals surface area contributed by atoms with Gasteiger partial charge in [0.25, 0.3) is 0 Å². The highest BCUT2D eigenvalue weighted by Gasteiger charge is 2.28. The van der Waals surface area contributed by atoms with Crippen molar-refractivity contribution in [3.8, 4) is 5.75 Å². The molecule has 0 unspecified atom stereocenters. The lowest BCUT2D eigenvalue weighted by Crippen LogP contribution is -2.45. The van der Waals surface area contributed by atoms with Crippen LogP contribution in [-0.2, 0) is 11.2 Å². The molecule has 0 saturated carbocycles. The summed E-state index contributed by atoms with van der Waals surface area (Å²) in [5.74, 6) is 0.902. The fraction of sp³-hybridized carbons (Fsp3) is 0.500. The number of carbonyl (C=O) groups is 1. The second kappa shape index (κ2) is 4.98. The van der Waals surface area contributed by atoms with E-state index in [0.717, 1.165) is 12.2 Å². The summed E-state index contributed by atoms with van der Waals surface area (Å²) in [6.45, 7) is 4.54. The van der Waals surface area contributed by atoms with Gasteiger partial charge in [-0.05, 0) is 25.5 Å². The number of carbonyl (C=O) groups excluding carboxylic acids is 1. The summed E-state index contributed by atoms with van der Waals surface area (Å²) in [7, 11) is 0. The smallest absolute Gasteiger partial charge is 0.227 e. The second-order valence-electron chi connectivity index (χ2n) is 5.35. The number of para-hydroxylation sites is 1. The standard InChI is InChI=1S/C14H20N2O2/c1-14(2,9-15)13(17)16-8-11-7-10-5-3-4-6-12(10)18-11/h3-6,11H,7-9,15H2,1-2H3,(H,16,17)/t11-/m1/s1. The summed E-state index contributed by atoms with van der Waals surface area (Å²) in [6, 6.07) is 7.97. The van der Waals surface area contributed by atoms with E-state index in [4.69, 9.17) is 10.5 Å². The van der Waals surface area contributed by atoms with Crippen molar-refractivity contribution >= 4 is 5.91 Å². The number of fused-ring (bicyclic) bond motifs is 1. The summed E-state index contributed by atoms with van der Waals surface area (Å²) in [5.41, 5.74) is 6.25. The van der Waals surface area contributed by atoms with Crippen LogP contribution in [0.25, 0.3) is 0 Å². The van der Waals surface area contributed by atoms with Crippen molar-refractivity contribution in [2.24, 2.45) is 11.1 Å². The van der Waals surface area contributed by atoms with Gasteiger partial charge in [0.1, 0.15) is 11.9 Å². The van der Waals surface area contributed by atoms with Gasteiger partial charge in [-0.1, -0.05) is 18.2 Å². The number of hydrogen-bond donors (Lipinski definition) is 2. The van der Waals surface area contributed by atoms with Gasteiger partial charge in [-0.2, -0.15) is 0 Å². The van der Waals surface area contributed by atoms with Gasteiger partial charge in [-0.25, -0.2) is 0 Å². The number of ether oxygens (including phenoxy) is 1. The minimum atomic E-state index is -0.522. The van der Waals surface area contributed by atoms with Gasteiger partial charge < -0.3 is 15.8 Å². The fourth-order valence-corrected chi connectivity index (χ4v) is 1.91. The molecule has 3 N–H and O–H groups in total. The Hall–Kier alpha value is -1.55. The molecule has 4 heteroatoms. The molecule has 0 fully saturated rings. The van der Waals surface area contributed by atoms with Crippen LogP contribution >= 0.6 is 0 Å². The molecule has 0 bridgehead atoms. The molecule has 98 valence electrons. The largest absolute Gasteiger partial charge is 0.488 e. The van der Waals surface area contributed by atoms with E-state index >= 15 is 0 Å². The molecule has 1 aliphatic rings. The number of nitrogens with two attached hydrogens (primary N) is 1. The molecule has 0 aliphatic carbocycles. The Morgan fingerprint density at radius 2 is 2.22 bits per heavy atom. The van der Waals surface area contributed by atoms with Crippen LogP contribution < -0.4 is 15.8 Å². The van der Waals surface area contributed by atoms with Crippen molar-refractivity contribution < 1.29 is 9.53 Å². The van der Waals surface area contributed by atoms with E-state index in [0.29, 0.717) is 13.1 Å². The topological polar surface area (TPSA) is 64.4 Å². The predicted molar refractivity (Wildman–Crippen MR) is 70.4 cm³/mol. The highest BCUT2D eigenvalue weighted by molar-refractivity contribution is 5.82. The summed E-state index contributed by atoms with van der Waals surface area (Å²) >= 11 is 0. The van der Waals surface area contributed by atoms with E-state index in [1.165, 1.54) is 5.56 Å². The van der Waals surface area contributed by atoms with Crippen LogP contribution in [0.2, 0.25) is 0 Å². The lowest BCUT2D eigenvalue weighted by Gasteiger charge is -2.22. The molecule has 4 nitrogen and oxygen atoms in total. The number of hydrogen-bond acceptors (Lipinski definition) is 3. The zero-order valence-corrected chi connectivity index (χ0v) is 10.9. The average Bonchev–Trinajstić information content (AvgIpc) is 2.78. The third kappa shape index (κ3) is 2.64. The summed E-state index contributed by atoms with van der Waals surface area (Å²) in [5, 5.41) is 2.91. The molecule has 0 spiro atoms. The number of rotatable bonds is 4. The SMILES string of the molecule is CC(C)(CN)C(=O)NC[C@H]1Cc2ccccc2O1. The Morgan fingerprint density at radius 3 is 2.89 bits per heavy atom. The van der Waals surface area contributed by atoms with Crippen molar-refractivity contribution in [2.45, 2.75) is 26.4 Å². The van der Waals surface area contributed by atoms with E-state index in [9.17, 15) is 4.79 Å². The molecule has 18 heavy (non-hydrogen) atoms. The third-order valence-corrected chi connectivity index (χ3v) is 3.33. The number of amides is 1. The first-order valence-electron chi connectivity index (χ1n) is 6.26. The van der Waals surface area contributed by atoms with Crippen molar-refractivity contribution in [2.75, 3.05) is 13.1 Å². The van der Waals surface area contributed by atoms with Gasteiger partial charge in [0.2, 0.25) is 5.91 Å². The summed E-state index contributed by atoms with van der Waals surface area (Å²) in [4.78, 5) is 11.9. The highest BCUT2D eigenvalue weighted by Crippen LogP contribution is 2.27. The van der Waals surface area contributed by atoms with Crippen LogP contribution in [0.5, 0.6) is 5.75 Å². The molecule has 0 aromatic heterocycles. The van der Waals surface area contributed by atoms with E-state index < -0.39 is 5.41 Å². The van der Waals surface area contributed by atoms with Gasteiger partial charge in [0.15, 0.2) is 0 Å². The molecule has 0 saturated heterocycles. The summed E-state index contributed by atoms with van der Waals surface area (Å²) < 4.78 is 5.76. The first-order chi connectivity index (χ1) is 8.53. The van der Waals surface area contributed by atoms with Crippen molar-refractivity contribution in [3.63, 3.8) is 0 Å². The number of nitrogens with one attached hydrogen (secondary N) is 1. The highest BCUT2D eigenvalue weighted by atomic mass is 16.5. The Morgan fingerprint density at radius 1 is 1.50 bits per heavy atom. The molecular weight excluding hydrogens is 228 g/mol. The van der Waals surface area contributed by atoms with Crippen LogP contribution in [0.4, 0.5) is 0 Å². The fourth-order valence-electron chi connectivity index (χ4n) is 1.91. The first-order valence-corrected chi connectivity index (χ1v) is 6.26. The minimum Gasteiger partial charge on any atom is -0.488 e. The lowest BCUT2D eigenvalue weighted by atomic mass is 9.92. The minimum absolute atomic E-state index is 0.0236. The predicted octanol–water partition coefficient (Wildman–Crippen LogP) is 1.09. The quantitative estimate of drug-likeness (QED) is 0.838. The lowest BCUT2D eigenvalue weighted by molar-refractivity contribution is -0.129. The molecular formula is C14H20N2O2. The van der Waals surface area contributed by atoms with Crippen LogP contribution in [-0.4, -0.2) is 25.1 Å². The molecule has 1 atom stereocenters.